The quantitative estimate of drug-likeness (QED) is 0.560. The van der Waals surface area contributed by atoms with Gasteiger partial charge in [0.05, 0.1) is 6.61 Å². The molecule has 0 unspecified atom stereocenters. The molecule has 0 aromatic heterocycles. The number of carbonyl (C=O) groups is 1. The van der Waals surface area contributed by atoms with Gasteiger partial charge in [0.2, 0.25) is 0 Å². The monoisotopic (exact) mass is 326 g/mol. The second-order valence-electron chi connectivity index (χ2n) is 4.92. The van der Waals surface area contributed by atoms with Crippen molar-refractivity contribution in [3.63, 3.8) is 0 Å². The molecule has 0 aliphatic rings. The summed E-state index contributed by atoms with van der Waals surface area (Å²) in [7, 11) is 0.788. The second-order valence-corrected chi connectivity index (χ2v) is 6.94. The first-order valence-electron chi connectivity index (χ1n) is 6.84. The van der Waals surface area contributed by atoms with Crippen LogP contribution in [0.25, 0.3) is 0 Å². The van der Waals surface area contributed by atoms with Crippen molar-refractivity contribution in [3.8, 4) is 0 Å². The molecule has 6 nitrogen and oxygen atoms in total. The molecule has 0 aliphatic heterocycles. The van der Waals surface area contributed by atoms with Gasteiger partial charge in [-0.05, 0) is 12.5 Å². The van der Waals surface area contributed by atoms with Crippen molar-refractivity contribution in [2.75, 3.05) is 27.7 Å². The van der Waals surface area contributed by atoms with Crippen LogP contribution in [-0.4, -0.2) is 51.3 Å². The topological polar surface area (TPSA) is 66.9 Å². The van der Waals surface area contributed by atoms with Crippen LogP contribution in [0.2, 0.25) is 0 Å². The molecule has 0 N–H and O–H groups in total. The minimum atomic E-state index is -3.94. The zero-order valence-electron chi connectivity index (χ0n) is 13.3. The number of esters is 1. The Bertz CT molecular complexity index is 624. The number of rotatable bonds is 7. The van der Waals surface area contributed by atoms with Crippen molar-refractivity contribution in [1.82, 2.24) is 9.21 Å². The summed E-state index contributed by atoms with van der Waals surface area (Å²) < 4.78 is 31.2. The van der Waals surface area contributed by atoms with Gasteiger partial charge in [-0.2, -0.15) is 4.31 Å². The highest BCUT2D eigenvalue weighted by atomic mass is 32.2. The molecule has 0 saturated carbocycles. The van der Waals surface area contributed by atoms with Crippen molar-refractivity contribution in [1.29, 1.82) is 0 Å². The summed E-state index contributed by atoms with van der Waals surface area (Å²) in [6.45, 7) is 1.92. The third-order valence-corrected chi connectivity index (χ3v) is 4.57. The zero-order chi connectivity index (χ0) is 16.8. The molecule has 1 aromatic rings. The number of carbonyl (C=O) groups excluding carboxylic acids is 1. The first-order chi connectivity index (χ1) is 10.3. The lowest BCUT2D eigenvalue weighted by Gasteiger charge is -2.19. The zero-order valence-corrected chi connectivity index (χ0v) is 14.1. The lowest BCUT2D eigenvalue weighted by atomic mass is 10.2. The number of ether oxygens (including phenoxy) is 1. The van der Waals surface area contributed by atoms with Gasteiger partial charge in [-0.25, -0.2) is 13.2 Å². The Morgan fingerprint density at radius 2 is 1.77 bits per heavy atom. The standard InChI is InChI=1S/C15H22N2O4S/c1-5-21-15(18)14(12-16(2)3)22(19,20)17(4)11-13-9-7-6-8-10-13/h6-10,12H,5,11H2,1-4H3/b14-12+. The molecule has 1 rings (SSSR count). The highest BCUT2D eigenvalue weighted by Gasteiger charge is 2.30. The van der Waals surface area contributed by atoms with E-state index in [1.165, 1.54) is 18.1 Å². The van der Waals surface area contributed by atoms with E-state index in [1.54, 1.807) is 21.0 Å². The number of hydrogen-bond donors (Lipinski definition) is 0. The maximum absolute atomic E-state index is 12.6. The van der Waals surface area contributed by atoms with Gasteiger partial charge in [-0.1, -0.05) is 30.3 Å². The third-order valence-electron chi connectivity index (χ3n) is 2.79. The molecule has 22 heavy (non-hydrogen) atoms. The van der Waals surface area contributed by atoms with Crippen molar-refractivity contribution in [3.05, 3.63) is 47.0 Å². The third kappa shape index (κ3) is 4.85. The summed E-state index contributed by atoms with van der Waals surface area (Å²) >= 11 is 0. The van der Waals surface area contributed by atoms with Gasteiger partial charge in [-0.15, -0.1) is 0 Å². The molecule has 0 amide bonds. The van der Waals surface area contributed by atoms with Gasteiger partial charge in [0.25, 0.3) is 10.0 Å². The van der Waals surface area contributed by atoms with Crippen molar-refractivity contribution >= 4 is 16.0 Å². The smallest absolute Gasteiger partial charge is 0.352 e. The Labute approximate surface area is 132 Å². The average molecular weight is 326 g/mol. The van der Waals surface area contributed by atoms with Crippen LogP contribution in [0.4, 0.5) is 0 Å². The number of sulfonamides is 1. The number of hydrogen-bond acceptors (Lipinski definition) is 5. The van der Waals surface area contributed by atoms with Crippen LogP contribution >= 0.6 is 0 Å². The molecule has 0 radical (unpaired) electrons. The molecular weight excluding hydrogens is 304 g/mol. The highest BCUT2D eigenvalue weighted by molar-refractivity contribution is 7.93. The van der Waals surface area contributed by atoms with Crippen LogP contribution in [-0.2, 0) is 26.1 Å². The fraction of sp³-hybridized carbons (Fsp3) is 0.400. The number of nitrogens with zero attached hydrogens (tertiary/aromatic N) is 2. The summed E-state index contributed by atoms with van der Waals surface area (Å²) in [5, 5.41) is 0. The lowest BCUT2D eigenvalue weighted by molar-refractivity contribution is -0.137. The van der Waals surface area contributed by atoms with Gasteiger partial charge in [0.15, 0.2) is 4.91 Å². The highest BCUT2D eigenvalue weighted by Crippen LogP contribution is 2.17. The first-order valence-corrected chi connectivity index (χ1v) is 8.28. The lowest BCUT2D eigenvalue weighted by Crippen LogP contribution is -2.32. The minimum absolute atomic E-state index is 0.113. The van der Waals surface area contributed by atoms with Crippen LogP contribution in [0, 0.1) is 0 Å². The van der Waals surface area contributed by atoms with E-state index in [0.717, 1.165) is 9.87 Å². The van der Waals surface area contributed by atoms with E-state index in [4.69, 9.17) is 4.74 Å². The minimum Gasteiger partial charge on any atom is -0.462 e. The fourth-order valence-corrected chi connectivity index (χ4v) is 3.02. The molecule has 0 atom stereocenters. The molecule has 0 spiro atoms. The molecule has 0 heterocycles. The van der Waals surface area contributed by atoms with Gasteiger partial charge in [0, 0.05) is 33.9 Å². The van der Waals surface area contributed by atoms with Gasteiger partial charge in [-0.3, -0.25) is 0 Å². The fourth-order valence-electron chi connectivity index (χ4n) is 1.75. The van der Waals surface area contributed by atoms with Crippen molar-refractivity contribution in [2.45, 2.75) is 13.5 Å². The SMILES string of the molecule is CCOC(=O)/C(=C\N(C)C)S(=O)(=O)N(C)Cc1ccccc1. The normalized spacial score (nSPS) is 12.3. The van der Waals surface area contributed by atoms with Crippen LogP contribution in [0.15, 0.2) is 41.4 Å². The van der Waals surface area contributed by atoms with Crippen LogP contribution < -0.4 is 0 Å². The van der Waals surface area contributed by atoms with E-state index in [-0.39, 0.29) is 18.1 Å². The maximum Gasteiger partial charge on any atom is 0.352 e. The Hall–Kier alpha value is -1.86. The molecule has 0 fully saturated rings. The second kappa shape index (κ2) is 7.95. The molecule has 7 heteroatoms. The largest absolute Gasteiger partial charge is 0.462 e. The summed E-state index contributed by atoms with van der Waals surface area (Å²) in [4.78, 5) is 13.1. The molecular formula is C15H22N2O4S. The van der Waals surface area contributed by atoms with Gasteiger partial charge >= 0.3 is 5.97 Å². The Kier molecular flexibility index (Phi) is 6.58. The van der Waals surface area contributed by atoms with Crippen molar-refractivity contribution < 1.29 is 17.9 Å². The summed E-state index contributed by atoms with van der Waals surface area (Å²) in [6, 6.07) is 9.17. The Morgan fingerprint density at radius 1 is 1.18 bits per heavy atom. The van der Waals surface area contributed by atoms with E-state index in [2.05, 4.69) is 0 Å². The van der Waals surface area contributed by atoms with E-state index >= 15 is 0 Å². The van der Waals surface area contributed by atoms with E-state index < -0.39 is 16.0 Å². The van der Waals surface area contributed by atoms with Crippen LogP contribution in [0.1, 0.15) is 12.5 Å². The van der Waals surface area contributed by atoms with Crippen LogP contribution in [0.3, 0.4) is 0 Å². The molecule has 0 saturated heterocycles. The molecule has 1 aromatic carbocycles. The van der Waals surface area contributed by atoms with E-state index in [0.29, 0.717) is 0 Å². The summed E-state index contributed by atoms with van der Waals surface area (Å²) in [5.41, 5.74) is 0.835. The van der Waals surface area contributed by atoms with Crippen LogP contribution in [0.5, 0.6) is 0 Å². The Morgan fingerprint density at radius 3 is 2.27 bits per heavy atom. The molecule has 122 valence electrons. The predicted molar refractivity (Wildman–Crippen MR) is 85.2 cm³/mol. The summed E-state index contributed by atoms with van der Waals surface area (Å²) in [5.74, 6) is -0.851. The average Bonchev–Trinajstić information content (AvgIpc) is 2.45. The van der Waals surface area contributed by atoms with Gasteiger partial charge < -0.3 is 9.64 Å². The van der Waals surface area contributed by atoms with E-state index in [1.807, 2.05) is 30.3 Å². The molecule has 0 bridgehead atoms. The maximum atomic E-state index is 12.6. The first kappa shape index (κ1) is 18.2. The van der Waals surface area contributed by atoms with Gasteiger partial charge in [0.1, 0.15) is 0 Å². The summed E-state index contributed by atoms with van der Waals surface area (Å²) in [6.07, 6.45) is 1.26. The predicted octanol–water partition coefficient (Wildman–Crippen LogP) is 1.41. The molecule has 0 aliphatic carbocycles. The Balaban J connectivity index is 3.08. The number of benzene rings is 1. The van der Waals surface area contributed by atoms with E-state index in [9.17, 15) is 13.2 Å². The van der Waals surface area contributed by atoms with Crippen molar-refractivity contribution in [2.24, 2.45) is 0 Å².